The van der Waals surface area contributed by atoms with E-state index >= 15 is 0 Å². The summed E-state index contributed by atoms with van der Waals surface area (Å²) >= 11 is 1.18. The molecule has 0 radical (unpaired) electrons. The SMILES string of the molecule is CCOC(=O)c1ccc(N=C2S[C@@H](C(=O)Nc3ccc(C(=O)OCC)cc3)CC(=O)N2C)cc1. The fourth-order valence-corrected chi connectivity index (χ4v) is 4.09. The molecule has 1 N–H and O–H groups in total. The van der Waals surface area contributed by atoms with Gasteiger partial charge in [-0.25, -0.2) is 14.6 Å². The van der Waals surface area contributed by atoms with E-state index in [0.29, 0.717) is 27.7 Å². The van der Waals surface area contributed by atoms with Gasteiger partial charge in [0.05, 0.1) is 30.0 Å². The van der Waals surface area contributed by atoms with E-state index in [1.165, 1.54) is 16.7 Å². The van der Waals surface area contributed by atoms with Gasteiger partial charge in [-0.05, 0) is 62.4 Å². The van der Waals surface area contributed by atoms with Crippen LogP contribution in [-0.4, -0.2) is 59.3 Å². The number of rotatable bonds is 7. The summed E-state index contributed by atoms with van der Waals surface area (Å²) in [4.78, 5) is 54.8. The summed E-state index contributed by atoms with van der Waals surface area (Å²) in [7, 11) is 1.60. The van der Waals surface area contributed by atoms with Crippen molar-refractivity contribution in [3.63, 3.8) is 0 Å². The van der Waals surface area contributed by atoms with Gasteiger partial charge >= 0.3 is 11.9 Å². The van der Waals surface area contributed by atoms with Crippen LogP contribution in [0.3, 0.4) is 0 Å². The summed E-state index contributed by atoms with van der Waals surface area (Å²) in [6.45, 7) is 4.02. The van der Waals surface area contributed by atoms with Crippen molar-refractivity contribution in [1.29, 1.82) is 0 Å². The molecule has 0 bridgehead atoms. The molecule has 1 saturated heterocycles. The standard InChI is InChI=1S/C24H25N3O6S/c1-4-32-22(30)15-6-10-17(11-7-15)25-21(29)19-14-20(28)27(3)24(34-19)26-18-12-8-16(9-13-18)23(31)33-5-2/h6-13,19H,4-5,14H2,1-3H3,(H,25,29)/t19-/m1/s1. The molecule has 1 atom stereocenters. The second-order valence-electron chi connectivity index (χ2n) is 7.21. The number of hydrogen-bond acceptors (Lipinski definition) is 8. The summed E-state index contributed by atoms with van der Waals surface area (Å²) in [5.74, 6) is -1.44. The van der Waals surface area contributed by atoms with Crippen molar-refractivity contribution in [3.05, 3.63) is 59.7 Å². The lowest BCUT2D eigenvalue weighted by Gasteiger charge is -2.28. The van der Waals surface area contributed by atoms with Crippen LogP contribution in [0.4, 0.5) is 11.4 Å². The van der Waals surface area contributed by atoms with Crippen molar-refractivity contribution in [3.8, 4) is 0 Å². The van der Waals surface area contributed by atoms with Crippen LogP contribution in [0.1, 0.15) is 41.0 Å². The van der Waals surface area contributed by atoms with Gasteiger partial charge in [-0.3, -0.25) is 14.5 Å². The number of amidine groups is 1. The van der Waals surface area contributed by atoms with E-state index in [1.807, 2.05) is 0 Å². The Kier molecular flexibility index (Phi) is 8.42. The second-order valence-corrected chi connectivity index (χ2v) is 8.38. The minimum absolute atomic E-state index is 0.0225. The highest BCUT2D eigenvalue weighted by molar-refractivity contribution is 8.15. The van der Waals surface area contributed by atoms with Gasteiger partial charge in [-0.2, -0.15) is 0 Å². The molecular formula is C24H25N3O6S. The van der Waals surface area contributed by atoms with Crippen molar-refractivity contribution < 1.29 is 28.7 Å². The van der Waals surface area contributed by atoms with Gasteiger partial charge in [0.1, 0.15) is 5.25 Å². The molecule has 0 aliphatic carbocycles. The van der Waals surface area contributed by atoms with Crippen molar-refractivity contribution in [2.75, 3.05) is 25.6 Å². The molecule has 1 heterocycles. The Balaban J connectivity index is 1.69. The topological polar surface area (TPSA) is 114 Å². The molecule has 178 valence electrons. The lowest BCUT2D eigenvalue weighted by atomic mass is 10.2. The van der Waals surface area contributed by atoms with E-state index in [2.05, 4.69) is 10.3 Å². The molecule has 0 spiro atoms. The van der Waals surface area contributed by atoms with Gasteiger partial charge < -0.3 is 14.8 Å². The highest BCUT2D eigenvalue weighted by Crippen LogP contribution is 2.29. The van der Waals surface area contributed by atoms with Crippen LogP contribution in [0.15, 0.2) is 53.5 Å². The molecular weight excluding hydrogens is 458 g/mol. The number of carbonyl (C=O) groups excluding carboxylic acids is 4. The number of amides is 2. The number of aliphatic imine (C=N–C) groups is 1. The molecule has 1 fully saturated rings. The maximum absolute atomic E-state index is 12.8. The summed E-state index contributed by atoms with van der Waals surface area (Å²) < 4.78 is 9.92. The molecule has 10 heteroatoms. The van der Waals surface area contributed by atoms with Crippen LogP contribution >= 0.6 is 11.8 Å². The maximum Gasteiger partial charge on any atom is 0.338 e. The number of esters is 2. The first kappa shape index (κ1) is 25.0. The fraction of sp³-hybridized carbons (Fsp3) is 0.292. The number of benzene rings is 2. The van der Waals surface area contributed by atoms with E-state index in [4.69, 9.17) is 9.47 Å². The zero-order chi connectivity index (χ0) is 24.7. The molecule has 34 heavy (non-hydrogen) atoms. The molecule has 0 aromatic heterocycles. The van der Waals surface area contributed by atoms with Gasteiger partial charge in [0.15, 0.2) is 5.17 Å². The Morgan fingerprint density at radius 2 is 1.50 bits per heavy atom. The predicted molar refractivity (Wildman–Crippen MR) is 129 cm³/mol. The summed E-state index contributed by atoms with van der Waals surface area (Å²) in [5.41, 5.74) is 1.81. The van der Waals surface area contributed by atoms with E-state index in [0.717, 1.165) is 0 Å². The average Bonchev–Trinajstić information content (AvgIpc) is 2.83. The first-order valence-electron chi connectivity index (χ1n) is 10.7. The molecule has 0 unspecified atom stereocenters. The van der Waals surface area contributed by atoms with Crippen LogP contribution in [0.5, 0.6) is 0 Å². The van der Waals surface area contributed by atoms with Crippen molar-refractivity contribution in [2.24, 2.45) is 4.99 Å². The van der Waals surface area contributed by atoms with Crippen LogP contribution in [0.2, 0.25) is 0 Å². The number of thioether (sulfide) groups is 1. The van der Waals surface area contributed by atoms with Crippen LogP contribution in [-0.2, 0) is 19.1 Å². The zero-order valence-electron chi connectivity index (χ0n) is 19.1. The third-order valence-electron chi connectivity index (χ3n) is 4.83. The monoisotopic (exact) mass is 483 g/mol. The number of nitrogens with zero attached hydrogens (tertiary/aromatic N) is 2. The normalized spacial score (nSPS) is 16.8. The molecule has 3 rings (SSSR count). The first-order chi connectivity index (χ1) is 16.3. The molecule has 9 nitrogen and oxygen atoms in total. The maximum atomic E-state index is 12.8. The first-order valence-corrected chi connectivity index (χ1v) is 11.6. The quantitative estimate of drug-likeness (QED) is 0.598. The van der Waals surface area contributed by atoms with Gasteiger partial charge in [0.25, 0.3) is 0 Å². The molecule has 2 amide bonds. The Bertz CT molecular complexity index is 1100. The number of anilines is 1. The largest absolute Gasteiger partial charge is 0.462 e. The zero-order valence-corrected chi connectivity index (χ0v) is 19.9. The van der Waals surface area contributed by atoms with Gasteiger partial charge in [0, 0.05) is 19.2 Å². The number of nitrogens with one attached hydrogen (secondary N) is 1. The lowest BCUT2D eigenvalue weighted by molar-refractivity contribution is -0.128. The highest BCUT2D eigenvalue weighted by atomic mass is 32.2. The van der Waals surface area contributed by atoms with E-state index in [-0.39, 0.29) is 31.4 Å². The molecule has 2 aromatic carbocycles. The van der Waals surface area contributed by atoms with Crippen LogP contribution < -0.4 is 5.32 Å². The number of ether oxygens (including phenoxy) is 2. The van der Waals surface area contributed by atoms with Gasteiger partial charge in [-0.1, -0.05) is 11.8 Å². The Morgan fingerprint density at radius 1 is 0.971 bits per heavy atom. The fourth-order valence-electron chi connectivity index (χ4n) is 3.02. The lowest BCUT2D eigenvalue weighted by Crippen LogP contribution is -2.43. The smallest absolute Gasteiger partial charge is 0.338 e. The van der Waals surface area contributed by atoms with Crippen LogP contribution in [0.25, 0.3) is 0 Å². The summed E-state index contributed by atoms with van der Waals surface area (Å²) in [6, 6.07) is 12.8. The van der Waals surface area contributed by atoms with Crippen molar-refractivity contribution >= 4 is 52.1 Å². The van der Waals surface area contributed by atoms with Crippen LogP contribution in [0, 0.1) is 0 Å². The third kappa shape index (κ3) is 6.22. The molecule has 0 saturated carbocycles. The van der Waals surface area contributed by atoms with Gasteiger partial charge in [-0.15, -0.1) is 0 Å². The third-order valence-corrected chi connectivity index (χ3v) is 6.07. The minimum Gasteiger partial charge on any atom is -0.462 e. The predicted octanol–water partition coefficient (Wildman–Crippen LogP) is 3.63. The summed E-state index contributed by atoms with van der Waals surface area (Å²) in [6.07, 6.45) is 0.0225. The van der Waals surface area contributed by atoms with E-state index < -0.39 is 17.2 Å². The second kappa shape index (κ2) is 11.5. The number of carbonyl (C=O) groups is 4. The molecule has 1 aliphatic rings. The molecule has 1 aliphatic heterocycles. The minimum atomic E-state index is -0.675. The Labute approximate surface area is 201 Å². The van der Waals surface area contributed by atoms with E-state index in [1.54, 1.807) is 69.4 Å². The molecule has 2 aromatic rings. The highest BCUT2D eigenvalue weighted by Gasteiger charge is 2.34. The Morgan fingerprint density at radius 3 is 2.03 bits per heavy atom. The van der Waals surface area contributed by atoms with Crippen molar-refractivity contribution in [1.82, 2.24) is 4.90 Å². The van der Waals surface area contributed by atoms with Gasteiger partial charge in [0.2, 0.25) is 11.8 Å². The van der Waals surface area contributed by atoms with E-state index in [9.17, 15) is 19.2 Å². The summed E-state index contributed by atoms with van der Waals surface area (Å²) in [5, 5.41) is 2.47. The number of hydrogen-bond donors (Lipinski definition) is 1. The Hall–Kier alpha value is -3.66. The average molecular weight is 484 g/mol. The van der Waals surface area contributed by atoms with Crippen molar-refractivity contribution in [2.45, 2.75) is 25.5 Å².